The molecule has 0 spiro atoms. The molecule has 0 bridgehead atoms. The fraction of sp³-hybridized carbons (Fsp3) is 0.172. The molecule has 0 unspecified atom stereocenters. The van der Waals surface area contributed by atoms with E-state index in [1.54, 1.807) is 13.2 Å². The Morgan fingerprint density at radius 2 is 1.75 bits per heavy atom. The second-order valence-corrected chi connectivity index (χ2v) is 8.53. The summed E-state index contributed by atoms with van der Waals surface area (Å²) in [5.74, 6) is 0.403. The van der Waals surface area contributed by atoms with Crippen LogP contribution in [0.4, 0.5) is 0 Å². The monoisotopic (exact) mass is 489 g/mol. The molecule has 36 heavy (non-hydrogen) atoms. The zero-order chi connectivity index (χ0) is 24.7. The summed E-state index contributed by atoms with van der Waals surface area (Å²) >= 11 is 0. The normalized spacial score (nSPS) is 11.8. The zero-order valence-corrected chi connectivity index (χ0v) is 22.9. The third kappa shape index (κ3) is 4.60. The number of ether oxygens (including phenoxy) is 2. The van der Waals surface area contributed by atoms with Gasteiger partial charge in [-0.15, -0.1) is 0 Å². The van der Waals surface area contributed by atoms with E-state index in [-0.39, 0.29) is 41.2 Å². The number of aryl methyl sites for hydroxylation is 2. The van der Waals surface area contributed by atoms with E-state index in [1.165, 1.54) is 6.07 Å². The van der Waals surface area contributed by atoms with Crippen molar-refractivity contribution in [3.8, 4) is 23.0 Å². The van der Waals surface area contributed by atoms with Crippen LogP contribution in [0.1, 0.15) is 40.1 Å². The first-order valence-corrected chi connectivity index (χ1v) is 11.3. The first-order valence-electron chi connectivity index (χ1n) is 11.3. The maximum Gasteiger partial charge on any atom is 1.00 e. The average Bonchev–Trinajstić information content (AvgIpc) is 3.21. The largest absolute Gasteiger partial charge is 1.00 e. The van der Waals surface area contributed by atoms with E-state index >= 15 is 0 Å². The number of methoxy groups -OCH3 is 1. The van der Waals surface area contributed by atoms with E-state index < -0.39 is 5.97 Å². The first kappa shape index (κ1) is 25.8. The predicted molar refractivity (Wildman–Crippen MR) is 133 cm³/mol. The molecular formula is C29H24NNaO5. The van der Waals surface area contributed by atoms with Gasteiger partial charge in [0.15, 0.2) is 5.76 Å². The Bertz CT molecular complexity index is 1570. The van der Waals surface area contributed by atoms with Gasteiger partial charge in [-0.25, -0.2) is 4.98 Å². The van der Waals surface area contributed by atoms with Gasteiger partial charge in [0.25, 0.3) is 0 Å². The van der Waals surface area contributed by atoms with Crippen molar-refractivity contribution in [2.24, 2.45) is 0 Å². The van der Waals surface area contributed by atoms with Crippen LogP contribution in [0.2, 0.25) is 0 Å². The standard InChI is InChI=1S/C29H25NO5.Na/c1-16-9-14-25(34-18(3)19-10-12-20(33-4)13-11-19)26-22(29(31)32)15-23(30-27(16)26)28-17(2)21-7-5-6-8-24(21)35-28;/h5-15,18H,1-4H3,(H,31,32);/q;+1/p-1/t18-;/m1./s1. The molecule has 0 aliphatic heterocycles. The van der Waals surface area contributed by atoms with Crippen LogP contribution in [0, 0.1) is 13.8 Å². The van der Waals surface area contributed by atoms with Gasteiger partial charge >= 0.3 is 29.6 Å². The molecule has 0 aliphatic rings. The van der Waals surface area contributed by atoms with Gasteiger partial charge in [0, 0.05) is 16.5 Å². The number of hydrogen-bond acceptors (Lipinski definition) is 6. The maximum absolute atomic E-state index is 12.3. The van der Waals surface area contributed by atoms with Gasteiger partial charge in [-0.3, -0.25) is 0 Å². The van der Waals surface area contributed by atoms with Gasteiger partial charge in [-0.1, -0.05) is 36.4 Å². The Morgan fingerprint density at radius 1 is 1.03 bits per heavy atom. The van der Waals surface area contributed by atoms with Crippen molar-refractivity contribution < 1.29 is 53.3 Å². The number of furan rings is 1. The molecule has 2 aromatic heterocycles. The minimum absolute atomic E-state index is 0. The SMILES string of the molecule is COc1ccc([C@@H](C)Oc2ccc(C)c3nc(-c4oc5ccccc5c4C)cc(C(=O)[O-])c23)cc1.[Na+]. The smallest absolute Gasteiger partial charge is 0.545 e. The van der Waals surface area contributed by atoms with Crippen molar-refractivity contribution in [1.82, 2.24) is 4.98 Å². The van der Waals surface area contributed by atoms with E-state index in [0.29, 0.717) is 28.1 Å². The molecule has 0 saturated heterocycles. The molecule has 5 aromatic rings. The van der Waals surface area contributed by atoms with Crippen molar-refractivity contribution >= 4 is 27.8 Å². The molecule has 1 atom stereocenters. The number of carboxylic acids is 1. The summed E-state index contributed by atoms with van der Waals surface area (Å²) in [7, 11) is 1.61. The van der Waals surface area contributed by atoms with E-state index in [4.69, 9.17) is 18.9 Å². The van der Waals surface area contributed by atoms with Crippen molar-refractivity contribution in [2.45, 2.75) is 26.9 Å². The summed E-state index contributed by atoms with van der Waals surface area (Å²) < 4.78 is 17.5. The second kappa shape index (κ2) is 10.3. The Hall–Kier alpha value is -3.32. The Morgan fingerprint density at radius 3 is 2.42 bits per heavy atom. The fourth-order valence-electron chi connectivity index (χ4n) is 4.37. The van der Waals surface area contributed by atoms with Crippen LogP contribution in [0.5, 0.6) is 11.5 Å². The molecule has 0 fully saturated rings. The van der Waals surface area contributed by atoms with Crippen LogP contribution in [-0.4, -0.2) is 18.1 Å². The molecule has 7 heteroatoms. The number of carbonyl (C=O) groups excluding carboxylic acids is 1. The molecule has 0 amide bonds. The van der Waals surface area contributed by atoms with E-state index in [2.05, 4.69) is 0 Å². The van der Waals surface area contributed by atoms with Crippen LogP contribution in [-0.2, 0) is 0 Å². The van der Waals surface area contributed by atoms with Crippen molar-refractivity contribution in [3.63, 3.8) is 0 Å². The molecule has 6 nitrogen and oxygen atoms in total. The predicted octanol–water partition coefficient (Wildman–Crippen LogP) is 2.78. The number of nitrogens with zero attached hydrogens (tertiary/aromatic N) is 1. The van der Waals surface area contributed by atoms with Gasteiger partial charge < -0.3 is 23.8 Å². The number of fused-ring (bicyclic) bond motifs is 2. The van der Waals surface area contributed by atoms with Crippen LogP contribution >= 0.6 is 0 Å². The molecule has 0 saturated carbocycles. The van der Waals surface area contributed by atoms with Gasteiger partial charge in [0.1, 0.15) is 28.9 Å². The maximum atomic E-state index is 12.3. The Kier molecular flexibility index (Phi) is 7.41. The van der Waals surface area contributed by atoms with Crippen LogP contribution in [0.15, 0.2) is 71.1 Å². The van der Waals surface area contributed by atoms with Crippen LogP contribution < -0.4 is 44.1 Å². The van der Waals surface area contributed by atoms with Crippen molar-refractivity contribution in [2.75, 3.05) is 7.11 Å². The third-order valence-electron chi connectivity index (χ3n) is 6.31. The van der Waals surface area contributed by atoms with E-state index in [0.717, 1.165) is 33.4 Å². The van der Waals surface area contributed by atoms with Gasteiger partial charge in [-0.05, 0) is 62.2 Å². The third-order valence-corrected chi connectivity index (χ3v) is 6.31. The molecule has 0 N–H and O–H groups in total. The van der Waals surface area contributed by atoms with Gasteiger partial charge in [0.2, 0.25) is 0 Å². The molecule has 0 aliphatic carbocycles. The summed E-state index contributed by atoms with van der Waals surface area (Å²) in [4.78, 5) is 17.1. The number of aromatic nitrogens is 1. The number of hydrogen-bond donors (Lipinski definition) is 0. The van der Waals surface area contributed by atoms with Crippen molar-refractivity contribution in [3.05, 3.63) is 89.0 Å². The fourth-order valence-corrected chi connectivity index (χ4v) is 4.37. The van der Waals surface area contributed by atoms with Gasteiger partial charge in [-0.2, -0.15) is 0 Å². The number of rotatable bonds is 6. The summed E-state index contributed by atoms with van der Waals surface area (Å²) in [6.45, 7) is 5.74. The Labute approximate surface area is 231 Å². The topological polar surface area (TPSA) is 84.6 Å². The number of aromatic carboxylic acids is 1. The zero-order valence-electron chi connectivity index (χ0n) is 20.9. The number of carbonyl (C=O) groups is 1. The molecule has 5 rings (SSSR count). The van der Waals surface area contributed by atoms with E-state index in [9.17, 15) is 9.90 Å². The number of carboxylic acid groups (broad SMARTS) is 1. The second-order valence-electron chi connectivity index (χ2n) is 8.53. The van der Waals surface area contributed by atoms with Crippen molar-refractivity contribution in [1.29, 1.82) is 0 Å². The Balaban J connectivity index is 0.00000304. The quantitative estimate of drug-likeness (QED) is 0.341. The minimum Gasteiger partial charge on any atom is -0.545 e. The molecule has 0 radical (unpaired) electrons. The first-order chi connectivity index (χ1) is 16.9. The minimum atomic E-state index is -1.31. The van der Waals surface area contributed by atoms with Crippen LogP contribution in [0.25, 0.3) is 33.3 Å². The summed E-state index contributed by atoms with van der Waals surface area (Å²) in [6, 6.07) is 20.4. The molecule has 2 heterocycles. The number of pyridine rings is 1. The molecule has 3 aromatic carbocycles. The number of para-hydroxylation sites is 1. The van der Waals surface area contributed by atoms with Gasteiger partial charge in [0.05, 0.1) is 24.0 Å². The molecular weight excluding hydrogens is 465 g/mol. The summed E-state index contributed by atoms with van der Waals surface area (Å²) in [6.07, 6.45) is -0.335. The molecule has 176 valence electrons. The average molecular weight is 490 g/mol. The summed E-state index contributed by atoms with van der Waals surface area (Å²) in [5, 5.41) is 13.7. The van der Waals surface area contributed by atoms with E-state index in [1.807, 2.05) is 75.4 Å². The number of benzene rings is 3. The van der Waals surface area contributed by atoms with Crippen LogP contribution in [0.3, 0.4) is 0 Å². The summed E-state index contributed by atoms with van der Waals surface area (Å²) in [5.41, 5.74) is 4.34.